The molecule has 0 fully saturated rings. The number of rotatable bonds is 8. The molecule has 4 aromatic rings. The van der Waals surface area contributed by atoms with Crippen molar-refractivity contribution < 1.29 is 9.53 Å². The van der Waals surface area contributed by atoms with Gasteiger partial charge in [0.25, 0.3) is 5.91 Å². The quantitative estimate of drug-likeness (QED) is 0.253. The van der Waals surface area contributed by atoms with Crippen LogP contribution in [0.2, 0.25) is 15.1 Å². The molecule has 1 N–H and O–H groups in total. The van der Waals surface area contributed by atoms with Gasteiger partial charge in [0.15, 0.2) is 5.82 Å². The first-order chi connectivity index (χ1) is 16.8. The lowest BCUT2D eigenvalue weighted by Gasteiger charge is -2.10. The number of anilines is 1. The van der Waals surface area contributed by atoms with Gasteiger partial charge in [-0.3, -0.25) is 9.48 Å². The summed E-state index contributed by atoms with van der Waals surface area (Å²) in [5, 5.41) is 8.53. The van der Waals surface area contributed by atoms with Gasteiger partial charge in [-0.05, 0) is 53.4 Å². The first kappa shape index (κ1) is 25.1. The molecule has 0 aliphatic rings. The Balaban J connectivity index is 1.41. The summed E-state index contributed by atoms with van der Waals surface area (Å²) in [6.45, 7) is 4.96. The Labute approximate surface area is 219 Å². The van der Waals surface area contributed by atoms with Crippen molar-refractivity contribution in [3.8, 4) is 5.75 Å². The van der Waals surface area contributed by atoms with Crippen LogP contribution in [0.1, 0.15) is 46.8 Å². The highest BCUT2D eigenvalue weighted by Gasteiger charge is 2.15. The Morgan fingerprint density at radius 1 is 0.971 bits per heavy atom. The topological polar surface area (TPSA) is 56.1 Å². The van der Waals surface area contributed by atoms with Crippen molar-refractivity contribution in [2.75, 3.05) is 5.32 Å². The normalized spacial score (nSPS) is 11.0. The second-order valence-electron chi connectivity index (χ2n) is 8.39. The Morgan fingerprint density at radius 2 is 1.66 bits per heavy atom. The van der Waals surface area contributed by atoms with Gasteiger partial charge in [-0.2, -0.15) is 5.10 Å². The highest BCUT2D eigenvalue weighted by molar-refractivity contribution is 6.36. The summed E-state index contributed by atoms with van der Waals surface area (Å²) in [7, 11) is 0. The van der Waals surface area contributed by atoms with Gasteiger partial charge in [0, 0.05) is 27.4 Å². The van der Waals surface area contributed by atoms with Crippen molar-refractivity contribution in [2.45, 2.75) is 32.9 Å². The van der Waals surface area contributed by atoms with Crippen LogP contribution in [0.15, 0.2) is 72.9 Å². The summed E-state index contributed by atoms with van der Waals surface area (Å²) in [6, 6.07) is 20.6. The van der Waals surface area contributed by atoms with E-state index in [1.54, 1.807) is 41.2 Å². The predicted octanol–water partition coefficient (Wildman–Crippen LogP) is 7.85. The molecule has 0 aliphatic heterocycles. The third kappa shape index (κ3) is 6.37. The van der Waals surface area contributed by atoms with E-state index >= 15 is 0 Å². The Kier molecular flexibility index (Phi) is 8.01. The number of hydrogen-bond donors (Lipinski definition) is 1. The maximum Gasteiger partial charge on any atom is 0.256 e. The molecule has 0 bridgehead atoms. The fourth-order valence-electron chi connectivity index (χ4n) is 3.51. The zero-order valence-corrected chi connectivity index (χ0v) is 21.5. The summed E-state index contributed by atoms with van der Waals surface area (Å²) in [5.41, 5.74) is 3.32. The van der Waals surface area contributed by atoms with Crippen LogP contribution in [0.4, 0.5) is 5.82 Å². The van der Waals surface area contributed by atoms with E-state index in [9.17, 15) is 4.79 Å². The molecule has 0 unspecified atom stereocenters. The van der Waals surface area contributed by atoms with Crippen LogP contribution in [0.25, 0.3) is 0 Å². The number of nitrogens with one attached hydrogen (secondary N) is 1. The van der Waals surface area contributed by atoms with E-state index in [2.05, 4.69) is 36.4 Å². The van der Waals surface area contributed by atoms with Crippen molar-refractivity contribution in [1.82, 2.24) is 9.78 Å². The molecule has 3 aromatic carbocycles. The lowest BCUT2D eigenvalue weighted by molar-refractivity contribution is 0.102. The smallest absolute Gasteiger partial charge is 0.256 e. The number of hydrogen-bond acceptors (Lipinski definition) is 3. The molecule has 0 spiro atoms. The molecule has 0 radical (unpaired) electrons. The van der Waals surface area contributed by atoms with Gasteiger partial charge in [0.1, 0.15) is 17.4 Å². The summed E-state index contributed by atoms with van der Waals surface area (Å²) in [5.74, 6) is 1.18. The fourth-order valence-corrected chi connectivity index (χ4v) is 4.22. The second kappa shape index (κ2) is 11.2. The van der Waals surface area contributed by atoms with Gasteiger partial charge >= 0.3 is 0 Å². The summed E-state index contributed by atoms with van der Waals surface area (Å²) in [4.78, 5) is 12.9. The lowest BCUT2D eigenvalue weighted by Crippen LogP contribution is -2.13. The molecule has 8 heteroatoms. The van der Waals surface area contributed by atoms with Crippen molar-refractivity contribution in [2.24, 2.45) is 0 Å². The van der Waals surface area contributed by atoms with E-state index in [1.807, 2.05) is 24.3 Å². The third-order valence-electron chi connectivity index (χ3n) is 5.47. The molecular weight excluding hydrogens is 505 g/mol. The zero-order chi connectivity index (χ0) is 24.9. The van der Waals surface area contributed by atoms with E-state index in [0.29, 0.717) is 39.7 Å². The molecule has 0 atom stereocenters. The summed E-state index contributed by atoms with van der Waals surface area (Å²) < 4.78 is 7.47. The first-order valence-electron chi connectivity index (χ1n) is 11.1. The number of nitrogens with zero attached hydrogens (tertiary/aromatic N) is 2. The van der Waals surface area contributed by atoms with Gasteiger partial charge in [0.05, 0.1) is 6.54 Å². The molecule has 1 aromatic heterocycles. The van der Waals surface area contributed by atoms with E-state index in [-0.39, 0.29) is 11.7 Å². The monoisotopic (exact) mass is 527 g/mol. The average molecular weight is 529 g/mol. The Morgan fingerprint density at radius 3 is 2.34 bits per heavy atom. The number of amides is 1. The molecule has 0 saturated carbocycles. The minimum Gasteiger partial charge on any atom is -0.489 e. The molecule has 1 heterocycles. The third-order valence-corrected chi connectivity index (χ3v) is 6.46. The number of ether oxygens (including phenoxy) is 1. The van der Waals surface area contributed by atoms with Gasteiger partial charge in [-0.25, -0.2) is 0 Å². The molecule has 1 amide bonds. The standard InChI is InChI=1S/C27H24Cl3N3O2/c1-17(2)19-9-11-21(12-10-19)35-16-18-5-3-6-20(13-18)27(34)31-26-25(30)15-33(32-26)14-22-23(28)7-4-8-24(22)29/h3-13,15,17H,14,16H2,1-2H3,(H,31,32,34). The second-order valence-corrected chi connectivity index (χ2v) is 9.61. The minimum atomic E-state index is -0.323. The van der Waals surface area contributed by atoms with Gasteiger partial charge in [-0.1, -0.05) is 79.0 Å². The van der Waals surface area contributed by atoms with E-state index < -0.39 is 0 Å². The van der Waals surface area contributed by atoms with Crippen LogP contribution in [-0.2, 0) is 13.2 Å². The van der Waals surface area contributed by atoms with Gasteiger partial charge < -0.3 is 10.1 Å². The maximum absolute atomic E-state index is 12.9. The van der Waals surface area contributed by atoms with E-state index in [1.165, 1.54) is 5.56 Å². The highest BCUT2D eigenvalue weighted by atomic mass is 35.5. The van der Waals surface area contributed by atoms with Crippen LogP contribution in [0.3, 0.4) is 0 Å². The van der Waals surface area contributed by atoms with Gasteiger partial charge in [0.2, 0.25) is 0 Å². The largest absolute Gasteiger partial charge is 0.489 e. The van der Waals surface area contributed by atoms with Crippen LogP contribution < -0.4 is 10.1 Å². The Hall–Kier alpha value is -2.99. The van der Waals surface area contributed by atoms with E-state index in [4.69, 9.17) is 39.5 Å². The summed E-state index contributed by atoms with van der Waals surface area (Å²) >= 11 is 18.8. The number of carbonyl (C=O) groups excluding carboxylic acids is 1. The molecule has 0 saturated heterocycles. The minimum absolute atomic E-state index is 0.256. The number of carbonyl (C=O) groups is 1. The zero-order valence-electron chi connectivity index (χ0n) is 19.3. The van der Waals surface area contributed by atoms with Crippen molar-refractivity contribution in [3.05, 3.63) is 110 Å². The van der Waals surface area contributed by atoms with Crippen LogP contribution in [-0.4, -0.2) is 15.7 Å². The molecule has 35 heavy (non-hydrogen) atoms. The van der Waals surface area contributed by atoms with Crippen molar-refractivity contribution >= 4 is 46.5 Å². The molecular formula is C27H24Cl3N3O2. The van der Waals surface area contributed by atoms with E-state index in [0.717, 1.165) is 16.9 Å². The van der Waals surface area contributed by atoms with Crippen LogP contribution in [0.5, 0.6) is 5.75 Å². The van der Waals surface area contributed by atoms with Crippen molar-refractivity contribution in [1.29, 1.82) is 0 Å². The lowest BCUT2D eigenvalue weighted by atomic mass is 10.0. The predicted molar refractivity (Wildman–Crippen MR) is 142 cm³/mol. The highest BCUT2D eigenvalue weighted by Crippen LogP contribution is 2.27. The average Bonchev–Trinajstić information content (AvgIpc) is 3.19. The number of benzene rings is 3. The van der Waals surface area contributed by atoms with Gasteiger partial charge in [-0.15, -0.1) is 0 Å². The molecule has 180 valence electrons. The van der Waals surface area contributed by atoms with Crippen molar-refractivity contribution in [3.63, 3.8) is 0 Å². The summed E-state index contributed by atoms with van der Waals surface area (Å²) in [6.07, 6.45) is 1.62. The number of aromatic nitrogens is 2. The molecule has 5 nitrogen and oxygen atoms in total. The Bertz CT molecular complexity index is 1310. The SMILES string of the molecule is CC(C)c1ccc(OCc2cccc(C(=O)Nc3nn(Cc4c(Cl)cccc4Cl)cc3Cl)c2)cc1. The van der Waals surface area contributed by atoms with Crippen LogP contribution >= 0.6 is 34.8 Å². The van der Waals surface area contributed by atoms with Crippen LogP contribution in [0, 0.1) is 0 Å². The molecule has 0 aliphatic carbocycles. The fraction of sp³-hybridized carbons (Fsp3) is 0.185. The molecule has 4 rings (SSSR count). The number of halogens is 3. The maximum atomic E-state index is 12.9. The first-order valence-corrected chi connectivity index (χ1v) is 12.2.